The number of primary amides is 1. The number of amides is 2. The van der Waals surface area contributed by atoms with E-state index in [1.165, 1.54) is 0 Å². The minimum absolute atomic E-state index is 0.183. The number of nitrogens with one attached hydrogen (secondary N) is 1. The monoisotopic (exact) mass is 333 g/mol. The van der Waals surface area contributed by atoms with Crippen LogP contribution in [0.2, 0.25) is 0 Å². The Morgan fingerprint density at radius 2 is 1.88 bits per heavy atom. The fraction of sp³-hybridized carbons (Fsp3) is 0.529. The Balaban J connectivity index is 1.85. The number of carbonyl (C=O) groups is 2. The van der Waals surface area contributed by atoms with Gasteiger partial charge in [0.15, 0.2) is 11.5 Å². The summed E-state index contributed by atoms with van der Waals surface area (Å²) in [6.45, 7) is 0.183. The van der Waals surface area contributed by atoms with E-state index in [2.05, 4.69) is 5.32 Å². The highest BCUT2D eigenvalue weighted by molar-refractivity contribution is 5.93. The maximum Gasteiger partial charge on any atom is 0.243 e. The molecule has 1 aliphatic heterocycles. The van der Waals surface area contributed by atoms with Crippen LogP contribution in [0.3, 0.4) is 0 Å². The van der Waals surface area contributed by atoms with Crippen molar-refractivity contribution in [1.82, 2.24) is 10.2 Å². The van der Waals surface area contributed by atoms with Crippen LogP contribution < -0.4 is 20.5 Å². The molecule has 1 heterocycles. The topological polar surface area (TPSA) is 93.9 Å². The molecule has 1 atom stereocenters. The van der Waals surface area contributed by atoms with Crippen molar-refractivity contribution in [2.24, 2.45) is 5.73 Å². The zero-order valence-electron chi connectivity index (χ0n) is 14.0. The molecule has 3 rings (SSSR count). The van der Waals surface area contributed by atoms with E-state index >= 15 is 0 Å². The minimum Gasteiger partial charge on any atom is -0.454 e. The molecule has 2 amide bonds. The molecule has 3 N–H and O–H groups in total. The summed E-state index contributed by atoms with van der Waals surface area (Å²) in [5.41, 5.74) is 5.41. The number of rotatable bonds is 5. The second-order valence-corrected chi connectivity index (χ2v) is 6.62. The van der Waals surface area contributed by atoms with E-state index in [9.17, 15) is 9.59 Å². The van der Waals surface area contributed by atoms with Gasteiger partial charge in [0.05, 0.1) is 0 Å². The van der Waals surface area contributed by atoms with Gasteiger partial charge < -0.3 is 20.5 Å². The third-order valence-corrected chi connectivity index (χ3v) is 4.77. The molecule has 7 nitrogen and oxygen atoms in total. The van der Waals surface area contributed by atoms with E-state index < -0.39 is 17.5 Å². The molecule has 1 aromatic rings. The molecule has 0 saturated heterocycles. The van der Waals surface area contributed by atoms with Crippen LogP contribution in [0.25, 0.3) is 0 Å². The van der Waals surface area contributed by atoms with Gasteiger partial charge in [-0.3, -0.25) is 14.5 Å². The average Bonchev–Trinajstić information content (AvgIpc) is 3.16. The number of hydrogen-bond donors (Lipinski definition) is 2. The third kappa shape index (κ3) is 2.91. The smallest absolute Gasteiger partial charge is 0.243 e. The molecule has 0 unspecified atom stereocenters. The summed E-state index contributed by atoms with van der Waals surface area (Å²) in [5, 5.41) is 2.91. The highest BCUT2D eigenvalue weighted by Crippen LogP contribution is 2.36. The van der Waals surface area contributed by atoms with Crippen molar-refractivity contribution in [1.29, 1.82) is 0 Å². The highest BCUT2D eigenvalue weighted by atomic mass is 16.7. The normalized spacial score (nSPS) is 19.3. The fourth-order valence-electron chi connectivity index (χ4n) is 3.48. The van der Waals surface area contributed by atoms with Crippen molar-refractivity contribution < 1.29 is 19.1 Å². The Bertz CT molecular complexity index is 653. The Morgan fingerprint density at radius 3 is 2.50 bits per heavy atom. The molecule has 0 aromatic heterocycles. The first-order valence-corrected chi connectivity index (χ1v) is 8.11. The Hall–Kier alpha value is -2.28. The molecular formula is C17H23N3O4. The summed E-state index contributed by atoms with van der Waals surface area (Å²) in [6, 6.07) is 4.89. The summed E-state index contributed by atoms with van der Waals surface area (Å²) in [7, 11) is 3.64. The van der Waals surface area contributed by atoms with Gasteiger partial charge in [0.1, 0.15) is 11.6 Å². The van der Waals surface area contributed by atoms with Gasteiger partial charge in [-0.2, -0.15) is 0 Å². The van der Waals surface area contributed by atoms with Gasteiger partial charge in [-0.15, -0.1) is 0 Å². The molecule has 1 saturated carbocycles. The van der Waals surface area contributed by atoms with Crippen LogP contribution in [0, 0.1) is 0 Å². The molecule has 1 fully saturated rings. The maximum absolute atomic E-state index is 12.9. The van der Waals surface area contributed by atoms with Crippen LogP contribution >= 0.6 is 0 Å². The largest absolute Gasteiger partial charge is 0.454 e. The standard InChI is InChI=1S/C17H23N3O4/c1-20(2)14(11-5-6-12-13(9-11)24-10-23-12)15(21)19-17(16(18)22)7-3-4-8-17/h5-6,9,14H,3-4,7-8,10H2,1-2H3,(H2,18,22)(H,19,21)/t14-/m0/s1. The quantitative estimate of drug-likeness (QED) is 0.836. The van der Waals surface area contributed by atoms with E-state index in [0.717, 1.165) is 18.4 Å². The first-order valence-electron chi connectivity index (χ1n) is 8.11. The van der Waals surface area contributed by atoms with Gasteiger partial charge in [0, 0.05) is 0 Å². The highest BCUT2D eigenvalue weighted by Gasteiger charge is 2.42. The molecule has 0 bridgehead atoms. The number of carbonyl (C=O) groups excluding carboxylic acids is 2. The van der Waals surface area contributed by atoms with Crippen LogP contribution in [0.15, 0.2) is 18.2 Å². The van der Waals surface area contributed by atoms with Gasteiger partial charge in [-0.05, 0) is 44.6 Å². The van der Waals surface area contributed by atoms with Crippen LogP contribution in [0.1, 0.15) is 37.3 Å². The lowest BCUT2D eigenvalue weighted by atomic mass is 9.95. The zero-order chi connectivity index (χ0) is 17.3. The molecule has 24 heavy (non-hydrogen) atoms. The summed E-state index contributed by atoms with van der Waals surface area (Å²) < 4.78 is 10.7. The predicted octanol–water partition coefficient (Wildman–Crippen LogP) is 0.932. The molecule has 130 valence electrons. The van der Waals surface area contributed by atoms with Crippen molar-refractivity contribution >= 4 is 11.8 Å². The first kappa shape index (κ1) is 16.6. The van der Waals surface area contributed by atoms with E-state index in [4.69, 9.17) is 15.2 Å². The number of nitrogens with two attached hydrogens (primary N) is 1. The second-order valence-electron chi connectivity index (χ2n) is 6.62. The Kier molecular flexibility index (Phi) is 4.36. The number of ether oxygens (including phenoxy) is 2. The number of benzene rings is 1. The Morgan fingerprint density at radius 1 is 1.21 bits per heavy atom. The van der Waals surface area contributed by atoms with Crippen LogP contribution in [0.5, 0.6) is 11.5 Å². The van der Waals surface area contributed by atoms with E-state index in [1.807, 2.05) is 20.2 Å². The number of nitrogens with zero attached hydrogens (tertiary/aromatic N) is 1. The molecule has 0 radical (unpaired) electrons. The summed E-state index contributed by atoms with van der Waals surface area (Å²) in [6.07, 6.45) is 2.96. The molecule has 7 heteroatoms. The fourth-order valence-corrected chi connectivity index (χ4v) is 3.48. The molecule has 0 spiro atoms. The second kappa shape index (κ2) is 6.32. The van der Waals surface area contributed by atoms with Crippen LogP contribution in [-0.4, -0.2) is 43.1 Å². The van der Waals surface area contributed by atoms with Crippen molar-refractivity contribution in [2.75, 3.05) is 20.9 Å². The lowest BCUT2D eigenvalue weighted by molar-refractivity contribution is -0.134. The number of hydrogen-bond acceptors (Lipinski definition) is 5. The lowest BCUT2D eigenvalue weighted by Crippen LogP contribution is -2.57. The lowest BCUT2D eigenvalue weighted by Gasteiger charge is -2.31. The Labute approximate surface area is 141 Å². The predicted molar refractivity (Wildman–Crippen MR) is 87.5 cm³/mol. The average molecular weight is 333 g/mol. The number of fused-ring (bicyclic) bond motifs is 1. The van der Waals surface area contributed by atoms with Crippen molar-refractivity contribution in [3.05, 3.63) is 23.8 Å². The number of likely N-dealkylation sites (N-methyl/N-ethyl adjacent to an activating group) is 1. The van der Waals surface area contributed by atoms with Crippen molar-refractivity contribution in [2.45, 2.75) is 37.3 Å². The molecular weight excluding hydrogens is 310 g/mol. The van der Waals surface area contributed by atoms with Gasteiger partial charge in [0.25, 0.3) is 0 Å². The van der Waals surface area contributed by atoms with Crippen molar-refractivity contribution in [3.8, 4) is 11.5 Å². The van der Waals surface area contributed by atoms with Crippen LogP contribution in [-0.2, 0) is 9.59 Å². The summed E-state index contributed by atoms with van der Waals surface area (Å²) >= 11 is 0. The van der Waals surface area contributed by atoms with E-state index in [1.54, 1.807) is 17.0 Å². The molecule has 2 aliphatic rings. The van der Waals surface area contributed by atoms with Gasteiger partial charge in [-0.25, -0.2) is 0 Å². The third-order valence-electron chi connectivity index (χ3n) is 4.77. The summed E-state index contributed by atoms with van der Waals surface area (Å²) in [5.74, 6) is 0.592. The van der Waals surface area contributed by atoms with Gasteiger partial charge >= 0.3 is 0 Å². The summed E-state index contributed by atoms with van der Waals surface area (Å²) in [4.78, 5) is 26.6. The van der Waals surface area contributed by atoms with Gasteiger partial charge in [-0.1, -0.05) is 18.9 Å². The first-order chi connectivity index (χ1) is 11.4. The van der Waals surface area contributed by atoms with E-state index in [0.29, 0.717) is 24.3 Å². The minimum atomic E-state index is -0.929. The maximum atomic E-state index is 12.9. The van der Waals surface area contributed by atoms with Crippen molar-refractivity contribution in [3.63, 3.8) is 0 Å². The van der Waals surface area contributed by atoms with Gasteiger partial charge in [0.2, 0.25) is 18.6 Å². The van der Waals surface area contributed by atoms with Crippen LogP contribution in [0.4, 0.5) is 0 Å². The molecule has 1 aliphatic carbocycles. The zero-order valence-corrected chi connectivity index (χ0v) is 14.0. The molecule has 1 aromatic carbocycles. The SMILES string of the molecule is CN(C)[C@H](C(=O)NC1(C(N)=O)CCCC1)c1ccc2c(c1)OCO2. The van der Waals surface area contributed by atoms with E-state index in [-0.39, 0.29) is 12.7 Å².